The van der Waals surface area contributed by atoms with Crippen molar-refractivity contribution in [2.75, 3.05) is 138 Å². The number of hydrogen-bond donors (Lipinski definition) is 4. The lowest BCUT2D eigenvalue weighted by molar-refractivity contribution is -0.144. The lowest BCUT2D eigenvalue weighted by Crippen LogP contribution is -2.31. The normalized spacial score (nSPS) is 12.3. The molecule has 0 spiro atoms. The lowest BCUT2D eigenvalue weighted by atomic mass is 10.1. The van der Waals surface area contributed by atoms with Gasteiger partial charge in [-0.3, -0.25) is 39.1 Å². The van der Waals surface area contributed by atoms with Gasteiger partial charge in [-0.1, -0.05) is 182 Å². The maximum absolute atomic E-state index is 12.2. The van der Waals surface area contributed by atoms with Crippen molar-refractivity contribution in [3.8, 4) is 0 Å². The SMILES string of the molecule is CCCCCCCCCOC(=O)CCSCCCC(N)=NCCCN(CCCCN(CCCN=C(N)CCCSCCC(=O)OCCCCCCCCC)CCCN=C(N)CCCSCCC(=O)OCCCCCCCCC)CCCN=C(N)CCCSCCC(=O)OCCCCCCCCC. The van der Waals surface area contributed by atoms with E-state index < -0.39 is 0 Å². The Bertz CT molecular complexity index is 1760. The topological polar surface area (TPSA) is 265 Å². The van der Waals surface area contributed by atoms with Crippen LogP contribution >= 0.6 is 47.0 Å². The van der Waals surface area contributed by atoms with E-state index in [0.29, 0.717) is 102 Å². The fourth-order valence-corrected chi connectivity index (χ4v) is 14.9. The third-order valence-corrected chi connectivity index (χ3v) is 22.0. The molecule has 0 atom stereocenters. The van der Waals surface area contributed by atoms with Crippen molar-refractivity contribution >= 4 is 94.3 Å². The van der Waals surface area contributed by atoms with E-state index in [-0.39, 0.29) is 23.9 Å². The van der Waals surface area contributed by atoms with Crippen LogP contribution in [-0.2, 0) is 38.1 Å². The van der Waals surface area contributed by atoms with Gasteiger partial charge < -0.3 is 51.7 Å². The molecule has 0 heterocycles. The first kappa shape index (κ1) is 99.1. The molecule has 0 aromatic rings. The largest absolute Gasteiger partial charge is 0.466 e. The summed E-state index contributed by atoms with van der Waals surface area (Å²) in [5, 5.41) is 0. The van der Waals surface area contributed by atoms with Gasteiger partial charge in [-0.2, -0.15) is 47.0 Å². The van der Waals surface area contributed by atoms with Gasteiger partial charge in [-0.15, -0.1) is 0 Å². The van der Waals surface area contributed by atoms with Crippen LogP contribution in [0.15, 0.2) is 20.0 Å². The maximum atomic E-state index is 12.2. The molecule has 0 aromatic carbocycles. The van der Waals surface area contributed by atoms with Crippen molar-refractivity contribution < 1.29 is 38.1 Å². The number of carbonyl (C=O) groups excluding carboxylic acids is 4. The van der Waals surface area contributed by atoms with Crippen LogP contribution in [0.5, 0.6) is 0 Å². The molecule has 0 bridgehead atoms. The van der Waals surface area contributed by atoms with Crippen LogP contribution in [0, 0.1) is 0 Å². The number of thioether (sulfide) groups is 4. The minimum Gasteiger partial charge on any atom is -0.466 e. The van der Waals surface area contributed by atoms with Gasteiger partial charge in [0.25, 0.3) is 0 Å². The van der Waals surface area contributed by atoms with Gasteiger partial charge in [-0.05, 0) is 152 Å². The summed E-state index contributed by atoms with van der Waals surface area (Å²) in [7, 11) is 0. The summed E-state index contributed by atoms with van der Waals surface area (Å²) in [5.41, 5.74) is 25.7. The van der Waals surface area contributed by atoms with Crippen LogP contribution in [0.25, 0.3) is 0 Å². The second kappa shape index (κ2) is 80.6. The summed E-state index contributed by atoms with van der Waals surface area (Å²) in [4.78, 5) is 73.2. The predicted molar refractivity (Wildman–Crippen MR) is 447 cm³/mol. The number of nitrogens with two attached hydrogens (primary N) is 4. The van der Waals surface area contributed by atoms with Crippen molar-refractivity contribution in [3.05, 3.63) is 0 Å². The van der Waals surface area contributed by atoms with Crippen LogP contribution in [0.4, 0.5) is 0 Å². The van der Waals surface area contributed by atoms with Gasteiger partial charge in [0.15, 0.2) is 0 Å². The molecule has 0 amide bonds. The van der Waals surface area contributed by atoms with Crippen LogP contribution in [0.2, 0.25) is 0 Å². The Kier molecular flexibility index (Phi) is 78.3. The molecule has 0 aliphatic heterocycles. The summed E-state index contributed by atoms with van der Waals surface area (Å²) in [6, 6.07) is 0. The summed E-state index contributed by atoms with van der Waals surface area (Å²) in [5.74, 6) is 9.22. The minimum atomic E-state index is -0.0936. The average Bonchev–Trinajstić information content (AvgIpc) is 2.20. The van der Waals surface area contributed by atoms with Gasteiger partial charge in [0, 0.05) is 74.9 Å². The molecule has 22 heteroatoms. The van der Waals surface area contributed by atoms with Crippen LogP contribution in [0.1, 0.15) is 323 Å². The molecule has 0 rings (SSSR count). The first-order valence-corrected chi connectivity index (χ1v) is 46.1. The average molecular weight is 1510 g/mol. The minimum absolute atomic E-state index is 0.0936. The highest BCUT2D eigenvalue weighted by atomic mass is 32.2. The van der Waals surface area contributed by atoms with E-state index in [2.05, 4.69) is 37.5 Å². The molecular weight excluding hydrogens is 1360 g/mol. The highest BCUT2D eigenvalue weighted by Crippen LogP contribution is 2.16. The quantitative estimate of drug-likeness (QED) is 0.0145. The number of amidine groups is 4. The van der Waals surface area contributed by atoms with E-state index in [1.807, 2.05) is 0 Å². The molecule has 0 saturated carbocycles. The molecule has 0 saturated heterocycles. The molecule has 18 nitrogen and oxygen atoms in total. The van der Waals surface area contributed by atoms with Crippen molar-refractivity contribution in [2.24, 2.45) is 42.9 Å². The maximum Gasteiger partial charge on any atom is 0.306 e. The second-order valence-corrected chi connectivity index (χ2v) is 32.4. The zero-order chi connectivity index (χ0) is 74.3. The molecular formula is C80H156N10O8S4. The Balaban J connectivity index is 5.45. The smallest absolute Gasteiger partial charge is 0.306 e. The van der Waals surface area contributed by atoms with Crippen LogP contribution in [0.3, 0.4) is 0 Å². The molecule has 102 heavy (non-hydrogen) atoms. The Morgan fingerprint density at radius 2 is 0.441 bits per heavy atom. The Hall–Kier alpha value is -2.92. The number of rotatable bonds is 81. The van der Waals surface area contributed by atoms with E-state index in [1.54, 1.807) is 47.0 Å². The number of unbranched alkanes of at least 4 members (excludes halogenated alkanes) is 25. The van der Waals surface area contributed by atoms with Gasteiger partial charge in [-0.25, -0.2) is 0 Å². The molecule has 0 aliphatic carbocycles. The molecule has 8 N–H and O–H groups in total. The number of ether oxygens (including phenoxy) is 4. The zero-order valence-corrected chi connectivity index (χ0v) is 69.2. The Labute approximate surface area is 642 Å². The summed E-state index contributed by atoms with van der Waals surface area (Å²) in [6.45, 7) is 19.5. The standard InChI is InChI=1S/C80H156N10O8S4/c1-5-9-13-17-21-25-31-61-95-77(91)47-69-99-65-35-43-73(81)85-51-39-57-89(58-40-52-86-74(82)44-36-66-100-70-48-78(92)96-62-32-26-22-18-14-10-6-2)55-29-30-56-90(59-41-53-87-75(83)45-37-67-101-71-49-79(93)97-63-33-27-23-19-15-11-7-3)60-42-54-88-76(84)46-38-68-102-72-50-80(94)98-64-34-28-24-20-16-12-8-4/h5-72H2,1-4H3,(H2,81,85)(H2,82,86)(H2,83,87)(H2,84,88). The van der Waals surface area contributed by atoms with Crippen molar-refractivity contribution in [2.45, 2.75) is 323 Å². The van der Waals surface area contributed by atoms with E-state index in [4.69, 9.17) is 61.9 Å². The van der Waals surface area contributed by atoms with Crippen LogP contribution in [-0.4, -0.2) is 195 Å². The van der Waals surface area contributed by atoms with Gasteiger partial charge in [0.1, 0.15) is 0 Å². The third-order valence-electron chi connectivity index (χ3n) is 17.7. The van der Waals surface area contributed by atoms with Crippen molar-refractivity contribution in [1.82, 2.24) is 9.80 Å². The van der Waals surface area contributed by atoms with Gasteiger partial charge >= 0.3 is 23.9 Å². The Morgan fingerprint density at radius 3 is 0.657 bits per heavy atom. The van der Waals surface area contributed by atoms with Crippen LogP contribution < -0.4 is 22.9 Å². The first-order chi connectivity index (χ1) is 49.9. The summed E-state index contributed by atoms with van der Waals surface area (Å²) < 4.78 is 21.9. The zero-order valence-electron chi connectivity index (χ0n) is 66.0. The molecule has 0 fully saturated rings. The second-order valence-electron chi connectivity index (χ2n) is 27.5. The summed E-state index contributed by atoms with van der Waals surface area (Å²) in [6.07, 6.45) is 48.1. The van der Waals surface area contributed by atoms with E-state index >= 15 is 0 Å². The lowest BCUT2D eigenvalue weighted by Gasteiger charge is -2.24. The Morgan fingerprint density at radius 1 is 0.245 bits per heavy atom. The van der Waals surface area contributed by atoms with Gasteiger partial charge in [0.05, 0.1) is 75.5 Å². The fraction of sp³-hybridized carbons (Fsp3) is 0.900. The van der Waals surface area contributed by atoms with Gasteiger partial charge in [0.2, 0.25) is 0 Å². The number of nitrogens with zero attached hydrogens (tertiary/aromatic N) is 6. The highest BCUT2D eigenvalue weighted by Gasteiger charge is 2.12. The highest BCUT2D eigenvalue weighted by molar-refractivity contribution is 7.99. The summed E-state index contributed by atoms with van der Waals surface area (Å²) >= 11 is 7.11. The monoisotopic (exact) mass is 1510 g/mol. The van der Waals surface area contributed by atoms with Crippen molar-refractivity contribution in [1.29, 1.82) is 0 Å². The van der Waals surface area contributed by atoms with Crippen molar-refractivity contribution in [3.63, 3.8) is 0 Å². The predicted octanol–water partition coefficient (Wildman–Crippen LogP) is 18.1. The molecule has 598 valence electrons. The third kappa shape index (κ3) is 76.7. The molecule has 0 unspecified atom stereocenters. The number of hydrogen-bond acceptors (Lipinski definition) is 18. The number of carbonyl (C=O) groups is 4. The molecule has 0 aliphatic rings. The first-order valence-electron chi connectivity index (χ1n) is 41.5. The molecule has 0 aromatic heterocycles. The van der Waals surface area contributed by atoms with E-state index in [1.165, 1.54) is 128 Å². The van der Waals surface area contributed by atoms with E-state index in [0.717, 1.165) is 227 Å². The van der Waals surface area contributed by atoms with E-state index in [9.17, 15) is 19.2 Å². The number of esters is 4. The molecule has 0 radical (unpaired) electrons. The fourth-order valence-electron chi connectivity index (χ4n) is 11.4. The number of aliphatic imine (C=N–C) groups is 4.